The van der Waals surface area contributed by atoms with E-state index in [0.717, 1.165) is 35.5 Å². The Morgan fingerprint density at radius 3 is 2.70 bits per heavy atom. The van der Waals surface area contributed by atoms with Crippen molar-refractivity contribution >= 4 is 16.5 Å². The third kappa shape index (κ3) is 4.47. The Labute approximate surface area is 123 Å². The summed E-state index contributed by atoms with van der Waals surface area (Å²) >= 11 is 1.52. The van der Waals surface area contributed by atoms with Gasteiger partial charge in [0.05, 0.1) is 6.61 Å². The van der Waals surface area contributed by atoms with Crippen LogP contribution in [0.2, 0.25) is 0 Å². The van der Waals surface area contributed by atoms with E-state index in [-0.39, 0.29) is 0 Å². The average Bonchev–Trinajstić information content (AvgIpc) is 2.92. The van der Waals surface area contributed by atoms with Gasteiger partial charge in [-0.25, -0.2) is 0 Å². The van der Waals surface area contributed by atoms with Crippen LogP contribution in [0.4, 0.5) is 5.13 Å². The van der Waals surface area contributed by atoms with Gasteiger partial charge in [0, 0.05) is 13.7 Å². The van der Waals surface area contributed by atoms with Gasteiger partial charge in [0.25, 0.3) is 0 Å². The van der Waals surface area contributed by atoms with Crippen LogP contribution in [-0.2, 0) is 17.8 Å². The van der Waals surface area contributed by atoms with E-state index >= 15 is 0 Å². The van der Waals surface area contributed by atoms with Crippen molar-refractivity contribution in [2.75, 3.05) is 25.6 Å². The van der Waals surface area contributed by atoms with Crippen molar-refractivity contribution in [3.8, 4) is 5.75 Å². The van der Waals surface area contributed by atoms with Crippen molar-refractivity contribution in [1.29, 1.82) is 0 Å². The molecule has 1 N–H and O–H groups in total. The van der Waals surface area contributed by atoms with Crippen LogP contribution < -0.4 is 10.1 Å². The lowest BCUT2D eigenvalue weighted by Crippen LogP contribution is -1.96. The van der Waals surface area contributed by atoms with Gasteiger partial charge in [-0.2, -0.15) is 0 Å². The van der Waals surface area contributed by atoms with Gasteiger partial charge in [-0.05, 0) is 31.0 Å². The number of rotatable bonds is 8. The zero-order valence-electron chi connectivity index (χ0n) is 11.8. The molecule has 2 aromatic rings. The van der Waals surface area contributed by atoms with E-state index in [1.807, 2.05) is 19.1 Å². The van der Waals surface area contributed by atoms with Crippen LogP contribution in [-0.4, -0.2) is 30.5 Å². The van der Waals surface area contributed by atoms with Gasteiger partial charge < -0.3 is 14.8 Å². The number of benzene rings is 1. The second-order valence-electron chi connectivity index (χ2n) is 4.21. The summed E-state index contributed by atoms with van der Waals surface area (Å²) in [6.45, 7) is 4.06. The van der Waals surface area contributed by atoms with Gasteiger partial charge in [-0.1, -0.05) is 23.5 Å². The molecule has 5 nitrogen and oxygen atoms in total. The molecule has 0 bridgehead atoms. The molecular formula is C14H19N3O2S. The first-order valence-corrected chi connectivity index (χ1v) is 7.40. The highest BCUT2D eigenvalue weighted by Crippen LogP contribution is 2.18. The summed E-state index contributed by atoms with van der Waals surface area (Å²) in [4.78, 5) is 0. The van der Waals surface area contributed by atoms with E-state index in [0.29, 0.717) is 6.61 Å². The number of hydrogen-bond donors (Lipinski definition) is 1. The van der Waals surface area contributed by atoms with Crippen molar-refractivity contribution in [2.24, 2.45) is 0 Å². The zero-order valence-corrected chi connectivity index (χ0v) is 12.6. The Bertz CT molecular complexity index is 513. The Hall–Kier alpha value is -1.66. The molecule has 1 aromatic heterocycles. The maximum atomic E-state index is 5.69. The van der Waals surface area contributed by atoms with E-state index in [1.54, 1.807) is 7.11 Å². The summed E-state index contributed by atoms with van der Waals surface area (Å²) in [5.74, 6) is 0.839. The molecule has 0 aliphatic heterocycles. The fourth-order valence-electron chi connectivity index (χ4n) is 1.65. The van der Waals surface area contributed by atoms with E-state index < -0.39 is 0 Å². The topological polar surface area (TPSA) is 56.3 Å². The average molecular weight is 293 g/mol. The number of hydrogen-bond acceptors (Lipinski definition) is 6. The molecule has 0 fully saturated rings. The second kappa shape index (κ2) is 7.81. The lowest BCUT2D eigenvalue weighted by atomic mass is 10.1. The predicted molar refractivity (Wildman–Crippen MR) is 80.4 cm³/mol. The first-order valence-electron chi connectivity index (χ1n) is 6.58. The molecule has 0 amide bonds. The van der Waals surface area contributed by atoms with E-state index in [4.69, 9.17) is 9.47 Å². The maximum absolute atomic E-state index is 5.69. The Morgan fingerprint density at radius 2 is 2.00 bits per heavy atom. The number of anilines is 1. The number of ether oxygens (including phenoxy) is 2. The van der Waals surface area contributed by atoms with Crippen molar-refractivity contribution < 1.29 is 9.47 Å². The van der Waals surface area contributed by atoms with E-state index in [9.17, 15) is 0 Å². The van der Waals surface area contributed by atoms with Crippen molar-refractivity contribution in [3.63, 3.8) is 0 Å². The minimum absolute atomic E-state index is 0.445. The summed E-state index contributed by atoms with van der Waals surface area (Å²) in [5.41, 5.74) is 1.24. The van der Waals surface area contributed by atoms with Crippen molar-refractivity contribution in [1.82, 2.24) is 10.2 Å². The summed E-state index contributed by atoms with van der Waals surface area (Å²) in [7, 11) is 1.71. The largest absolute Gasteiger partial charge is 0.486 e. The minimum Gasteiger partial charge on any atom is -0.486 e. The second-order valence-corrected chi connectivity index (χ2v) is 5.27. The third-order valence-electron chi connectivity index (χ3n) is 2.68. The molecule has 1 aromatic carbocycles. The molecule has 0 unspecified atom stereocenters. The highest BCUT2D eigenvalue weighted by molar-refractivity contribution is 7.15. The van der Waals surface area contributed by atoms with Gasteiger partial charge in [-0.3, -0.25) is 0 Å². The lowest BCUT2D eigenvalue weighted by Gasteiger charge is -2.05. The van der Waals surface area contributed by atoms with Gasteiger partial charge in [-0.15, -0.1) is 10.2 Å². The SMILES string of the molecule is CCNc1nnc(COc2ccc(CCOC)cc2)s1. The van der Waals surface area contributed by atoms with Crippen molar-refractivity contribution in [3.05, 3.63) is 34.8 Å². The van der Waals surface area contributed by atoms with Crippen LogP contribution in [0.5, 0.6) is 5.75 Å². The molecule has 0 saturated carbocycles. The zero-order chi connectivity index (χ0) is 14.2. The Kier molecular flexibility index (Phi) is 5.76. The third-order valence-corrected chi connectivity index (χ3v) is 3.53. The molecule has 20 heavy (non-hydrogen) atoms. The van der Waals surface area contributed by atoms with Crippen LogP contribution in [0.1, 0.15) is 17.5 Å². The molecule has 0 aliphatic carbocycles. The predicted octanol–water partition coefficient (Wildman–Crippen LogP) is 2.74. The molecule has 0 aliphatic rings. The number of aromatic nitrogens is 2. The number of nitrogens with one attached hydrogen (secondary N) is 1. The van der Waals surface area contributed by atoms with Crippen LogP contribution in [0.25, 0.3) is 0 Å². The highest BCUT2D eigenvalue weighted by Gasteiger charge is 2.04. The monoisotopic (exact) mass is 293 g/mol. The van der Waals surface area contributed by atoms with Gasteiger partial charge in [0.1, 0.15) is 12.4 Å². The molecule has 108 valence electrons. The van der Waals surface area contributed by atoms with E-state index in [1.165, 1.54) is 16.9 Å². The smallest absolute Gasteiger partial charge is 0.205 e. The van der Waals surface area contributed by atoms with Crippen LogP contribution in [0.15, 0.2) is 24.3 Å². The van der Waals surface area contributed by atoms with Crippen LogP contribution in [0.3, 0.4) is 0 Å². The molecule has 0 radical (unpaired) electrons. The summed E-state index contributed by atoms with van der Waals surface area (Å²) in [5, 5.41) is 12.9. The minimum atomic E-state index is 0.445. The van der Waals surface area contributed by atoms with Crippen molar-refractivity contribution in [2.45, 2.75) is 20.0 Å². The molecule has 0 spiro atoms. The van der Waals surface area contributed by atoms with E-state index in [2.05, 4.69) is 27.6 Å². The van der Waals surface area contributed by atoms with Crippen LogP contribution in [0, 0.1) is 0 Å². The standard InChI is InChI=1S/C14H19N3O2S/c1-3-15-14-17-16-13(20-14)10-19-12-6-4-11(5-7-12)8-9-18-2/h4-7H,3,8-10H2,1-2H3,(H,15,17). The first-order chi connectivity index (χ1) is 9.81. The molecule has 0 saturated heterocycles. The fraction of sp³-hybridized carbons (Fsp3) is 0.429. The number of nitrogens with zero attached hydrogens (tertiary/aromatic N) is 2. The maximum Gasteiger partial charge on any atom is 0.205 e. The summed E-state index contributed by atoms with van der Waals surface area (Å²) in [6, 6.07) is 8.05. The lowest BCUT2D eigenvalue weighted by molar-refractivity contribution is 0.202. The summed E-state index contributed by atoms with van der Waals surface area (Å²) in [6.07, 6.45) is 0.916. The normalized spacial score (nSPS) is 10.5. The Morgan fingerprint density at radius 1 is 1.20 bits per heavy atom. The fourth-order valence-corrected chi connectivity index (χ4v) is 2.37. The molecule has 0 atom stereocenters. The molecule has 2 rings (SSSR count). The van der Waals surface area contributed by atoms with Gasteiger partial charge >= 0.3 is 0 Å². The van der Waals surface area contributed by atoms with Crippen LogP contribution >= 0.6 is 11.3 Å². The summed E-state index contributed by atoms with van der Waals surface area (Å²) < 4.78 is 10.7. The molecular weight excluding hydrogens is 274 g/mol. The van der Waals surface area contributed by atoms with Gasteiger partial charge in [0.2, 0.25) is 5.13 Å². The Balaban J connectivity index is 1.83. The van der Waals surface area contributed by atoms with Gasteiger partial charge in [0.15, 0.2) is 5.01 Å². The first kappa shape index (κ1) is 14.7. The highest BCUT2D eigenvalue weighted by atomic mass is 32.1. The molecule has 6 heteroatoms. The quantitative estimate of drug-likeness (QED) is 0.811. The molecule has 1 heterocycles. The number of methoxy groups -OCH3 is 1.